The number of alkyl halides is 2. The maximum absolute atomic E-state index is 3.76. The molecule has 0 nitrogen and oxygen atoms in total. The molecule has 0 radical (unpaired) electrons. The smallest absolute Gasteiger partial charge is 0.0280 e. The van der Waals surface area contributed by atoms with Crippen LogP contribution in [0.5, 0.6) is 0 Å². The highest BCUT2D eigenvalue weighted by Gasteiger charge is 2.13. The molecule has 0 aromatic heterocycles. The summed E-state index contributed by atoms with van der Waals surface area (Å²) in [5.41, 5.74) is 0. The number of hydrogen-bond acceptors (Lipinski definition) is 0. The van der Waals surface area contributed by atoms with Crippen molar-refractivity contribution < 1.29 is 0 Å². The molecule has 0 spiro atoms. The van der Waals surface area contributed by atoms with Gasteiger partial charge in [-0.15, -0.1) is 11.8 Å². The second-order valence-corrected chi connectivity index (χ2v) is 7.23. The van der Waals surface area contributed by atoms with Crippen LogP contribution in [-0.2, 0) is 0 Å². The molecule has 0 saturated heterocycles. The number of unbranched alkanes of at least 4 members (excludes halogenated alkanes) is 5. The van der Waals surface area contributed by atoms with E-state index in [0.29, 0.717) is 9.65 Å². The summed E-state index contributed by atoms with van der Waals surface area (Å²) >= 11 is 7.52. The van der Waals surface area contributed by atoms with E-state index in [2.05, 4.69) is 57.5 Å². The molecule has 0 aliphatic carbocycles. The zero-order valence-corrected chi connectivity index (χ0v) is 15.2. The van der Waals surface area contributed by atoms with Gasteiger partial charge in [-0.25, -0.2) is 0 Å². The van der Waals surface area contributed by atoms with Gasteiger partial charge in [-0.1, -0.05) is 77.8 Å². The first kappa shape index (κ1) is 18.5. The molecular formula is C16H28Br2. The predicted molar refractivity (Wildman–Crippen MR) is 90.7 cm³/mol. The van der Waals surface area contributed by atoms with Crippen LogP contribution in [0.3, 0.4) is 0 Å². The van der Waals surface area contributed by atoms with Gasteiger partial charge in [0, 0.05) is 22.5 Å². The molecule has 0 fully saturated rings. The Labute approximate surface area is 131 Å². The molecule has 18 heavy (non-hydrogen) atoms. The van der Waals surface area contributed by atoms with Crippen molar-refractivity contribution in [2.75, 3.05) is 0 Å². The highest BCUT2D eigenvalue weighted by Crippen LogP contribution is 2.23. The van der Waals surface area contributed by atoms with Crippen LogP contribution in [0.25, 0.3) is 0 Å². The molecule has 2 atom stereocenters. The van der Waals surface area contributed by atoms with E-state index in [1.165, 1.54) is 44.9 Å². The Hall–Kier alpha value is 0.520. The average molecular weight is 380 g/mol. The van der Waals surface area contributed by atoms with Crippen molar-refractivity contribution in [1.29, 1.82) is 0 Å². The first-order chi connectivity index (χ1) is 8.72. The molecule has 0 saturated carbocycles. The second kappa shape index (κ2) is 13.9. The maximum Gasteiger partial charge on any atom is 0.0280 e. The molecule has 0 aliphatic heterocycles. The Bertz CT molecular complexity index is 227. The molecular weight excluding hydrogens is 352 g/mol. The fourth-order valence-electron chi connectivity index (χ4n) is 1.79. The molecule has 0 N–H and O–H groups in total. The summed E-state index contributed by atoms with van der Waals surface area (Å²) in [6.45, 7) is 4.49. The van der Waals surface area contributed by atoms with Crippen LogP contribution in [0.4, 0.5) is 0 Å². The lowest BCUT2D eigenvalue weighted by Crippen LogP contribution is -2.13. The molecule has 0 heterocycles. The topological polar surface area (TPSA) is 0 Å². The van der Waals surface area contributed by atoms with Crippen molar-refractivity contribution in [1.82, 2.24) is 0 Å². The van der Waals surface area contributed by atoms with E-state index < -0.39 is 0 Å². The summed E-state index contributed by atoms with van der Waals surface area (Å²) in [6.07, 6.45) is 12.4. The lowest BCUT2D eigenvalue weighted by molar-refractivity contribution is 0.652. The van der Waals surface area contributed by atoms with Crippen LogP contribution < -0.4 is 0 Å². The molecule has 0 bridgehead atoms. The van der Waals surface area contributed by atoms with Crippen molar-refractivity contribution >= 4 is 31.9 Å². The molecule has 2 heteroatoms. The van der Waals surface area contributed by atoms with Gasteiger partial charge < -0.3 is 0 Å². The van der Waals surface area contributed by atoms with Gasteiger partial charge in [0.25, 0.3) is 0 Å². The summed E-state index contributed by atoms with van der Waals surface area (Å²) in [5.74, 6) is 6.60. The quantitative estimate of drug-likeness (QED) is 0.232. The Balaban J connectivity index is 3.49. The van der Waals surface area contributed by atoms with Gasteiger partial charge >= 0.3 is 0 Å². The van der Waals surface area contributed by atoms with Crippen LogP contribution in [0.15, 0.2) is 0 Å². The maximum atomic E-state index is 3.76. The molecule has 0 amide bonds. The Morgan fingerprint density at radius 1 is 0.722 bits per heavy atom. The second-order valence-electron chi connectivity index (χ2n) is 4.88. The van der Waals surface area contributed by atoms with Crippen molar-refractivity contribution in [2.45, 2.75) is 87.7 Å². The zero-order chi connectivity index (χ0) is 13.6. The SMILES string of the molecule is CCCCCCC#CCCC(Br)C(Br)CCCC. The van der Waals surface area contributed by atoms with Crippen molar-refractivity contribution in [2.24, 2.45) is 0 Å². The van der Waals surface area contributed by atoms with Gasteiger partial charge in [-0.05, 0) is 19.3 Å². The van der Waals surface area contributed by atoms with Gasteiger partial charge in [0.15, 0.2) is 0 Å². The molecule has 106 valence electrons. The lowest BCUT2D eigenvalue weighted by atomic mass is 10.1. The minimum atomic E-state index is 0.568. The van der Waals surface area contributed by atoms with Gasteiger partial charge in [0.2, 0.25) is 0 Å². The van der Waals surface area contributed by atoms with Gasteiger partial charge in [-0.2, -0.15) is 0 Å². The first-order valence-corrected chi connectivity index (χ1v) is 9.29. The van der Waals surface area contributed by atoms with Gasteiger partial charge in [-0.3, -0.25) is 0 Å². The third-order valence-corrected chi connectivity index (χ3v) is 5.95. The van der Waals surface area contributed by atoms with Gasteiger partial charge in [0.1, 0.15) is 0 Å². The Kier molecular flexibility index (Phi) is 14.3. The summed E-state index contributed by atoms with van der Waals surface area (Å²) in [7, 11) is 0. The van der Waals surface area contributed by atoms with Crippen molar-refractivity contribution in [3.63, 3.8) is 0 Å². The molecule has 0 aliphatic rings. The van der Waals surface area contributed by atoms with E-state index in [4.69, 9.17) is 0 Å². The minimum Gasteiger partial charge on any atom is -0.103 e. The van der Waals surface area contributed by atoms with E-state index in [9.17, 15) is 0 Å². The van der Waals surface area contributed by atoms with Crippen LogP contribution in [0.2, 0.25) is 0 Å². The van der Waals surface area contributed by atoms with E-state index in [0.717, 1.165) is 19.3 Å². The van der Waals surface area contributed by atoms with Crippen LogP contribution in [0, 0.1) is 11.8 Å². The lowest BCUT2D eigenvalue weighted by Gasteiger charge is -2.14. The monoisotopic (exact) mass is 378 g/mol. The fourth-order valence-corrected chi connectivity index (χ4v) is 2.87. The first-order valence-electron chi connectivity index (χ1n) is 7.46. The summed E-state index contributed by atoms with van der Waals surface area (Å²) in [5, 5.41) is 0. The van der Waals surface area contributed by atoms with Crippen LogP contribution in [-0.4, -0.2) is 9.65 Å². The standard InChI is InChI=1S/C16H28Br2/c1-3-5-7-8-9-10-11-12-14-16(18)15(17)13-6-4-2/h15-16H,3-9,12-14H2,1-2H3. The van der Waals surface area contributed by atoms with Crippen LogP contribution in [0.1, 0.15) is 78.1 Å². The van der Waals surface area contributed by atoms with Crippen molar-refractivity contribution in [3.8, 4) is 11.8 Å². The number of halogens is 2. The molecule has 0 aromatic rings. The third-order valence-electron chi connectivity index (χ3n) is 3.05. The average Bonchev–Trinajstić information content (AvgIpc) is 2.38. The predicted octanol–water partition coefficient (Wildman–Crippen LogP) is 6.46. The van der Waals surface area contributed by atoms with E-state index in [1.54, 1.807) is 0 Å². The number of hydrogen-bond donors (Lipinski definition) is 0. The minimum absolute atomic E-state index is 0.568. The largest absolute Gasteiger partial charge is 0.103 e. The highest BCUT2D eigenvalue weighted by molar-refractivity contribution is 9.12. The summed E-state index contributed by atoms with van der Waals surface area (Å²) < 4.78 is 0. The van der Waals surface area contributed by atoms with E-state index >= 15 is 0 Å². The third kappa shape index (κ3) is 11.6. The van der Waals surface area contributed by atoms with E-state index in [-0.39, 0.29) is 0 Å². The zero-order valence-electron chi connectivity index (χ0n) is 12.0. The highest BCUT2D eigenvalue weighted by atomic mass is 79.9. The summed E-state index contributed by atoms with van der Waals surface area (Å²) in [6, 6.07) is 0. The van der Waals surface area contributed by atoms with E-state index in [1.807, 2.05) is 0 Å². The Morgan fingerprint density at radius 3 is 2.00 bits per heavy atom. The molecule has 0 rings (SSSR count). The van der Waals surface area contributed by atoms with Crippen molar-refractivity contribution in [3.05, 3.63) is 0 Å². The summed E-state index contributed by atoms with van der Waals surface area (Å²) in [4.78, 5) is 1.17. The molecule has 0 aromatic carbocycles. The fraction of sp³-hybridized carbons (Fsp3) is 0.875. The van der Waals surface area contributed by atoms with Gasteiger partial charge in [0.05, 0.1) is 0 Å². The number of rotatable bonds is 10. The molecule has 2 unspecified atom stereocenters. The normalized spacial score (nSPS) is 13.8. The Morgan fingerprint density at radius 2 is 1.33 bits per heavy atom. The van der Waals surface area contributed by atoms with Crippen LogP contribution >= 0.6 is 31.9 Å².